The molecule has 0 aliphatic carbocycles. The molecule has 2 aromatic rings. The number of amides is 1. The number of esters is 3. The fourth-order valence-electron chi connectivity index (χ4n) is 4.75. The van der Waals surface area contributed by atoms with Crippen LogP contribution in [0.2, 0.25) is 0 Å². The van der Waals surface area contributed by atoms with Gasteiger partial charge < -0.3 is 34.1 Å². The van der Waals surface area contributed by atoms with Gasteiger partial charge >= 0.3 is 17.9 Å². The van der Waals surface area contributed by atoms with Gasteiger partial charge in [-0.25, -0.2) is 9.78 Å². The number of hydrogen-bond acceptors (Lipinski definition) is 11. The average molecular weight is 601 g/mol. The standard InChI is InChI=1S/C31H40N2O10/c1-17(2)26(34)24-19(5)43-31(38)22(15-40-30(37)21(24)14-20-10-8-7-9-11-20)33-28(35)25-27(23(39-6)12-13-32-25)41-16-42-29(36)18(3)4/h7-13,17-19,21-22,24,26,34H,14-16H2,1-6H3,(H,33,35)/t19-,21+,22-,24+,26?/m0/s1. The van der Waals surface area contributed by atoms with Crippen molar-refractivity contribution in [3.05, 3.63) is 53.9 Å². The van der Waals surface area contributed by atoms with Crippen molar-refractivity contribution in [3.8, 4) is 11.5 Å². The maximum Gasteiger partial charge on any atom is 0.332 e. The quantitative estimate of drug-likeness (QED) is 0.222. The highest BCUT2D eigenvalue weighted by molar-refractivity contribution is 5.98. The number of aliphatic hydroxyl groups is 1. The zero-order valence-corrected chi connectivity index (χ0v) is 25.3. The zero-order chi connectivity index (χ0) is 31.7. The number of hydrogen-bond donors (Lipinski definition) is 2. The van der Waals surface area contributed by atoms with Crippen LogP contribution in [-0.2, 0) is 35.0 Å². The molecular formula is C31H40N2O10. The minimum absolute atomic E-state index is 0.121. The second-order valence-corrected chi connectivity index (χ2v) is 11.0. The van der Waals surface area contributed by atoms with Crippen LogP contribution in [-0.4, -0.2) is 72.7 Å². The summed E-state index contributed by atoms with van der Waals surface area (Å²) in [5.41, 5.74) is 0.589. The van der Waals surface area contributed by atoms with E-state index in [1.165, 1.54) is 19.4 Å². The van der Waals surface area contributed by atoms with Gasteiger partial charge in [0.05, 0.1) is 25.0 Å². The van der Waals surface area contributed by atoms with Gasteiger partial charge in [0.1, 0.15) is 12.7 Å². The predicted molar refractivity (Wildman–Crippen MR) is 153 cm³/mol. The third-order valence-electron chi connectivity index (χ3n) is 7.15. The Morgan fingerprint density at radius 2 is 1.79 bits per heavy atom. The van der Waals surface area contributed by atoms with E-state index in [0.717, 1.165) is 5.56 Å². The van der Waals surface area contributed by atoms with Crippen LogP contribution in [0.4, 0.5) is 0 Å². The van der Waals surface area contributed by atoms with E-state index in [4.69, 9.17) is 23.7 Å². The molecule has 2 N–H and O–H groups in total. The lowest BCUT2D eigenvalue weighted by molar-refractivity contribution is -0.159. The van der Waals surface area contributed by atoms with Crippen LogP contribution in [0.15, 0.2) is 42.6 Å². The maximum atomic E-state index is 13.5. The lowest BCUT2D eigenvalue weighted by Crippen LogP contribution is -2.47. The number of methoxy groups -OCH3 is 1. The number of carbonyl (C=O) groups excluding carboxylic acids is 4. The highest BCUT2D eigenvalue weighted by Gasteiger charge is 2.43. The lowest BCUT2D eigenvalue weighted by Gasteiger charge is -2.34. The fourth-order valence-corrected chi connectivity index (χ4v) is 4.75. The van der Waals surface area contributed by atoms with Gasteiger partial charge in [0, 0.05) is 18.2 Å². The summed E-state index contributed by atoms with van der Waals surface area (Å²) in [6.45, 7) is 7.52. The summed E-state index contributed by atoms with van der Waals surface area (Å²) in [7, 11) is 1.36. The van der Waals surface area contributed by atoms with Crippen LogP contribution >= 0.6 is 0 Å². The molecule has 1 aromatic heterocycles. The van der Waals surface area contributed by atoms with Gasteiger partial charge in [-0.15, -0.1) is 0 Å². The number of ether oxygens (including phenoxy) is 5. The van der Waals surface area contributed by atoms with Crippen LogP contribution in [0.25, 0.3) is 0 Å². The molecule has 1 aromatic carbocycles. The number of carbonyl (C=O) groups is 4. The molecule has 3 rings (SSSR count). The summed E-state index contributed by atoms with van der Waals surface area (Å²) >= 11 is 0. The average Bonchev–Trinajstić information content (AvgIpc) is 3.01. The van der Waals surface area contributed by atoms with Crippen molar-refractivity contribution in [2.24, 2.45) is 23.7 Å². The third kappa shape index (κ3) is 8.66. The number of pyridine rings is 1. The van der Waals surface area contributed by atoms with Crippen molar-refractivity contribution < 1.29 is 48.0 Å². The smallest absolute Gasteiger partial charge is 0.332 e. The molecule has 0 spiro atoms. The van der Waals surface area contributed by atoms with Crippen LogP contribution in [0.3, 0.4) is 0 Å². The van der Waals surface area contributed by atoms with E-state index in [9.17, 15) is 24.3 Å². The third-order valence-corrected chi connectivity index (χ3v) is 7.15. The van der Waals surface area contributed by atoms with Crippen molar-refractivity contribution >= 4 is 23.8 Å². The van der Waals surface area contributed by atoms with Gasteiger partial charge in [-0.2, -0.15) is 0 Å². The fraction of sp³-hybridized carbons (Fsp3) is 0.516. The largest absolute Gasteiger partial charge is 0.493 e. The molecule has 1 amide bonds. The van der Waals surface area contributed by atoms with Crippen molar-refractivity contribution in [1.29, 1.82) is 0 Å². The topological polar surface area (TPSA) is 160 Å². The Bertz CT molecular complexity index is 1270. The summed E-state index contributed by atoms with van der Waals surface area (Å²) in [5, 5.41) is 13.6. The molecule has 12 heteroatoms. The molecule has 0 bridgehead atoms. The van der Waals surface area contributed by atoms with E-state index in [0.29, 0.717) is 0 Å². The Morgan fingerprint density at radius 3 is 2.42 bits per heavy atom. The van der Waals surface area contributed by atoms with Gasteiger partial charge in [0.15, 0.2) is 23.2 Å². The number of cyclic esters (lactones) is 2. The molecule has 234 valence electrons. The number of benzene rings is 1. The van der Waals surface area contributed by atoms with Crippen molar-refractivity contribution in [2.45, 2.75) is 59.3 Å². The molecule has 1 unspecified atom stereocenters. The first kappa shape index (κ1) is 33.3. The minimum atomic E-state index is -1.40. The lowest BCUT2D eigenvalue weighted by atomic mass is 9.76. The number of nitrogens with one attached hydrogen (secondary N) is 1. The SMILES string of the molecule is COc1ccnc(C(=O)N[C@H]2COC(=O)[C@H](Cc3ccccc3)[C@H](C(O)C(C)C)[C@H](C)OC2=O)c1OCOC(=O)C(C)C. The normalized spacial score (nSPS) is 21.5. The Kier molecular flexibility index (Phi) is 11.9. The van der Waals surface area contributed by atoms with Gasteiger partial charge in [0.25, 0.3) is 5.91 Å². The highest BCUT2D eigenvalue weighted by atomic mass is 16.7. The number of rotatable bonds is 11. The summed E-state index contributed by atoms with van der Waals surface area (Å²) in [4.78, 5) is 56.0. The van der Waals surface area contributed by atoms with Gasteiger partial charge in [-0.1, -0.05) is 58.0 Å². The summed E-state index contributed by atoms with van der Waals surface area (Å²) in [6, 6.07) is 9.32. The van der Waals surface area contributed by atoms with Crippen LogP contribution < -0.4 is 14.8 Å². The number of nitrogens with zero attached hydrogens (tertiary/aromatic N) is 1. The molecule has 1 fully saturated rings. The van der Waals surface area contributed by atoms with Crippen molar-refractivity contribution in [3.63, 3.8) is 0 Å². The Morgan fingerprint density at radius 1 is 1.09 bits per heavy atom. The monoisotopic (exact) mass is 600 g/mol. The predicted octanol–water partition coefficient (Wildman–Crippen LogP) is 2.70. The molecule has 12 nitrogen and oxygen atoms in total. The molecule has 1 aliphatic heterocycles. The van der Waals surface area contributed by atoms with E-state index >= 15 is 0 Å². The van der Waals surface area contributed by atoms with E-state index in [1.54, 1.807) is 20.8 Å². The summed E-state index contributed by atoms with van der Waals surface area (Å²) in [5.74, 6) is -5.08. The summed E-state index contributed by atoms with van der Waals surface area (Å²) < 4.78 is 27.1. The second-order valence-electron chi connectivity index (χ2n) is 11.0. The molecule has 0 saturated carbocycles. The van der Waals surface area contributed by atoms with Crippen LogP contribution in [0, 0.1) is 23.7 Å². The highest BCUT2D eigenvalue weighted by Crippen LogP contribution is 2.32. The maximum absolute atomic E-state index is 13.5. The number of aromatic nitrogens is 1. The van der Waals surface area contributed by atoms with Crippen LogP contribution in [0.1, 0.15) is 50.7 Å². The van der Waals surface area contributed by atoms with E-state index in [2.05, 4.69) is 10.3 Å². The Labute approximate surface area is 251 Å². The molecule has 0 radical (unpaired) electrons. The van der Waals surface area contributed by atoms with Gasteiger partial charge in [-0.05, 0) is 24.8 Å². The molecule has 1 aliphatic rings. The van der Waals surface area contributed by atoms with E-state index in [-0.39, 0.29) is 29.5 Å². The molecule has 5 atom stereocenters. The van der Waals surface area contributed by atoms with E-state index < -0.39 is 73.2 Å². The Hall–Kier alpha value is -4.19. The molecular weight excluding hydrogens is 560 g/mol. The Balaban J connectivity index is 1.85. The zero-order valence-electron chi connectivity index (χ0n) is 25.3. The second kappa shape index (κ2) is 15.3. The number of aliphatic hydroxyl groups excluding tert-OH is 1. The van der Waals surface area contributed by atoms with Crippen molar-refractivity contribution in [2.75, 3.05) is 20.5 Å². The van der Waals surface area contributed by atoms with E-state index in [1.807, 2.05) is 44.2 Å². The first-order chi connectivity index (χ1) is 20.4. The summed E-state index contributed by atoms with van der Waals surface area (Å²) in [6.07, 6.45) is -0.326. The first-order valence-corrected chi connectivity index (χ1v) is 14.2. The first-order valence-electron chi connectivity index (χ1n) is 14.2. The van der Waals surface area contributed by atoms with Gasteiger partial charge in [0.2, 0.25) is 6.79 Å². The van der Waals surface area contributed by atoms with Gasteiger partial charge in [-0.3, -0.25) is 14.4 Å². The molecule has 43 heavy (non-hydrogen) atoms. The van der Waals surface area contributed by atoms with Crippen molar-refractivity contribution in [1.82, 2.24) is 10.3 Å². The van der Waals surface area contributed by atoms with Crippen LogP contribution in [0.5, 0.6) is 11.5 Å². The minimum Gasteiger partial charge on any atom is -0.493 e. The molecule has 2 heterocycles. The molecule has 1 saturated heterocycles.